The van der Waals surface area contributed by atoms with Crippen LogP contribution >= 0.6 is 0 Å². The molecule has 0 aromatic carbocycles. The van der Waals surface area contributed by atoms with Gasteiger partial charge in [0.15, 0.2) is 0 Å². The van der Waals surface area contributed by atoms with Crippen LogP contribution in [-0.4, -0.2) is 23.8 Å². The minimum absolute atomic E-state index is 0.359. The van der Waals surface area contributed by atoms with Crippen LogP contribution in [0.4, 0.5) is 0 Å². The topological polar surface area (TPSA) is 32.3 Å². The van der Waals surface area contributed by atoms with Crippen LogP contribution in [0.15, 0.2) is 0 Å². The van der Waals surface area contributed by atoms with Crippen LogP contribution in [0, 0.1) is 11.8 Å². The molecule has 1 rings (SSSR count). The van der Waals surface area contributed by atoms with Crippen LogP contribution in [0.3, 0.4) is 0 Å². The molecule has 0 spiro atoms. The number of hydrogen-bond donors (Lipinski definition) is 2. The highest BCUT2D eigenvalue weighted by molar-refractivity contribution is 4.85. The zero-order valence-electron chi connectivity index (χ0n) is 11.2. The first-order chi connectivity index (χ1) is 7.71. The second-order valence-corrected chi connectivity index (χ2v) is 5.50. The molecule has 1 saturated carbocycles. The molecule has 2 heteroatoms. The number of rotatable bonds is 7. The smallest absolute Gasteiger partial charge is 0.0474 e. The van der Waals surface area contributed by atoms with E-state index in [1.165, 1.54) is 38.5 Å². The Morgan fingerprint density at radius 1 is 1.25 bits per heavy atom. The quantitative estimate of drug-likeness (QED) is 0.701. The lowest BCUT2D eigenvalue weighted by molar-refractivity contribution is 0.194. The lowest BCUT2D eigenvalue weighted by Crippen LogP contribution is -2.41. The van der Waals surface area contributed by atoms with Gasteiger partial charge in [0.2, 0.25) is 0 Å². The van der Waals surface area contributed by atoms with Crippen molar-refractivity contribution in [2.24, 2.45) is 11.8 Å². The van der Waals surface area contributed by atoms with Crippen molar-refractivity contribution in [3.8, 4) is 0 Å². The van der Waals surface area contributed by atoms with Crippen molar-refractivity contribution in [3.05, 3.63) is 0 Å². The van der Waals surface area contributed by atoms with Crippen LogP contribution in [0.1, 0.15) is 59.3 Å². The van der Waals surface area contributed by atoms with Crippen molar-refractivity contribution in [2.75, 3.05) is 6.61 Å². The molecule has 96 valence electrons. The average Bonchev–Trinajstić information content (AvgIpc) is 2.75. The van der Waals surface area contributed by atoms with Gasteiger partial charge in [0.25, 0.3) is 0 Å². The van der Waals surface area contributed by atoms with Crippen molar-refractivity contribution in [2.45, 2.75) is 71.4 Å². The predicted molar refractivity (Wildman–Crippen MR) is 69.5 cm³/mol. The highest BCUT2D eigenvalue weighted by Gasteiger charge is 2.28. The summed E-state index contributed by atoms with van der Waals surface area (Å²) in [6, 6.07) is 1.21. The van der Waals surface area contributed by atoms with Gasteiger partial charge < -0.3 is 10.4 Å². The molecule has 1 aliphatic rings. The van der Waals surface area contributed by atoms with E-state index in [1.807, 2.05) is 0 Å². The molecule has 16 heavy (non-hydrogen) atoms. The summed E-state index contributed by atoms with van der Waals surface area (Å²) in [5, 5.41) is 13.1. The summed E-state index contributed by atoms with van der Waals surface area (Å²) in [6.45, 7) is 7.23. The molecule has 0 heterocycles. The van der Waals surface area contributed by atoms with Crippen molar-refractivity contribution in [3.63, 3.8) is 0 Å². The monoisotopic (exact) mass is 227 g/mol. The fourth-order valence-corrected chi connectivity index (χ4v) is 2.78. The molecular formula is C14H29NO. The second kappa shape index (κ2) is 7.29. The fourth-order valence-electron chi connectivity index (χ4n) is 2.78. The zero-order chi connectivity index (χ0) is 12.0. The molecule has 0 bridgehead atoms. The first kappa shape index (κ1) is 14.0. The Hall–Kier alpha value is -0.0800. The minimum atomic E-state index is 0.359. The minimum Gasteiger partial charge on any atom is -0.396 e. The fraction of sp³-hybridized carbons (Fsp3) is 1.00. The summed E-state index contributed by atoms with van der Waals surface area (Å²) in [7, 11) is 0. The highest BCUT2D eigenvalue weighted by Crippen LogP contribution is 2.26. The molecule has 4 unspecified atom stereocenters. The Labute approximate surface area is 101 Å². The molecule has 0 radical (unpaired) electrons. The van der Waals surface area contributed by atoms with E-state index in [-0.39, 0.29) is 0 Å². The second-order valence-electron chi connectivity index (χ2n) is 5.50. The summed E-state index contributed by atoms with van der Waals surface area (Å²) >= 11 is 0. The Kier molecular flexibility index (Phi) is 6.37. The normalized spacial score (nSPS) is 29.2. The van der Waals surface area contributed by atoms with Gasteiger partial charge in [-0.1, -0.05) is 33.6 Å². The lowest BCUT2D eigenvalue weighted by Gasteiger charge is -2.27. The van der Waals surface area contributed by atoms with Gasteiger partial charge in [0.1, 0.15) is 0 Å². The molecule has 0 amide bonds. The Bertz CT molecular complexity index is 184. The third kappa shape index (κ3) is 4.06. The van der Waals surface area contributed by atoms with Crippen molar-refractivity contribution >= 4 is 0 Å². The SMILES string of the molecule is CCC(C)CC(CC)NC1CCCC1CO. The van der Waals surface area contributed by atoms with Gasteiger partial charge in [-0.25, -0.2) is 0 Å². The van der Waals surface area contributed by atoms with Crippen LogP contribution in [0.25, 0.3) is 0 Å². The highest BCUT2D eigenvalue weighted by atomic mass is 16.3. The number of aliphatic hydroxyl groups excluding tert-OH is 1. The maximum Gasteiger partial charge on any atom is 0.0474 e. The van der Waals surface area contributed by atoms with Gasteiger partial charge in [-0.05, 0) is 37.5 Å². The Morgan fingerprint density at radius 2 is 2.00 bits per heavy atom. The molecule has 2 nitrogen and oxygen atoms in total. The van der Waals surface area contributed by atoms with Gasteiger partial charge in [0.05, 0.1) is 0 Å². The van der Waals surface area contributed by atoms with Gasteiger partial charge in [-0.3, -0.25) is 0 Å². The van der Waals surface area contributed by atoms with Crippen LogP contribution in [0.5, 0.6) is 0 Å². The van der Waals surface area contributed by atoms with Gasteiger partial charge in [-0.15, -0.1) is 0 Å². The summed E-state index contributed by atoms with van der Waals surface area (Å²) in [6.07, 6.45) is 7.49. The van der Waals surface area contributed by atoms with E-state index in [1.54, 1.807) is 0 Å². The number of aliphatic hydroxyl groups is 1. The zero-order valence-corrected chi connectivity index (χ0v) is 11.2. The maximum atomic E-state index is 9.31. The number of hydrogen-bond acceptors (Lipinski definition) is 2. The third-order valence-electron chi connectivity index (χ3n) is 4.22. The molecule has 0 saturated heterocycles. The summed E-state index contributed by atoms with van der Waals surface area (Å²) < 4.78 is 0. The molecule has 0 aromatic heterocycles. The molecular weight excluding hydrogens is 198 g/mol. The number of nitrogens with one attached hydrogen (secondary N) is 1. The molecule has 0 aliphatic heterocycles. The molecule has 2 N–H and O–H groups in total. The maximum absolute atomic E-state index is 9.31. The van der Waals surface area contributed by atoms with Crippen molar-refractivity contribution in [1.82, 2.24) is 5.32 Å². The van der Waals surface area contributed by atoms with E-state index in [2.05, 4.69) is 26.1 Å². The van der Waals surface area contributed by atoms with Gasteiger partial charge in [0, 0.05) is 18.7 Å². The van der Waals surface area contributed by atoms with Crippen molar-refractivity contribution in [1.29, 1.82) is 0 Å². The van der Waals surface area contributed by atoms with E-state index in [4.69, 9.17) is 0 Å². The Morgan fingerprint density at radius 3 is 2.56 bits per heavy atom. The van der Waals surface area contributed by atoms with E-state index >= 15 is 0 Å². The molecule has 1 fully saturated rings. The van der Waals surface area contributed by atoms with E-state index in [0.717, 1.165) is 5.92 Å². The van der Waals surface area contributed by atoms with Crippen molar-refractivity contribution < 1.29 is 5.11 Å². The Balaban J connectivity index is 2.37. The summed E-state index contributed by atoms with van der Waals surface area (Å²) in [5.41, 5.74) is 0. The molecule has 1 aliphatic carbocycles. The standard InChI is InChI=1S/C14H29NO/c1-4-11(3)9-13(5-2)15-14-8-6-7-12(14)10-16/h11-16H,4-10H2,1-3H3. The van der Waals surface area contributed by atoms with Gasteiger partial charge >= 0.3 is 0 Å². The predicted octanol–water partition coefficient (Wildman–Crippen LogP) is 2.95. The van der Waals surface area contributed by atoms with E-state index in [9.17, 15) is 5.11 Å². The third-order valence-corrected chi connectivity index (χ3v) is 4.22. The van der Waals surface area contributed by atoms with Crippen LogP contribution in [0.2, 0.25) is 0 Å². The van der Waals surface area contributed by atoms with E-state index in [0.29, 0.717) is 24.6 Å². The molecule has 0 aromatic rings. The average molecular weight is 227 g/mol. The first-order valence-corrected chi connectivity index (χ1v) is 7.08. The summed E-state index contributed by atoms with van der Waals surface area (Å²) in [4.78, 5) is 0. The van der Waals surface area contributed by atoms with Crippen LogP contribution < -0.4 is 5.32 Å². The van der Waals surface area contributed by atoms with Gasteiger partial charge in [-0.2, -0.15) is 0 Å². The van der Waals surface area contributed by atoms with Crippen LogP contribution in [-0.2, 0) is 0 Å². The largest absolute Gasteiger partial charge is 0.396 e. The first-order valence-electron chi connectivity index (χ1n) is 7.08. The van der Waals surface area contributed by atoms with E-state index < -0.39 is 0 Å². The lowest BCUT2D eigenvalue weighted by atomic mass is 9.95. The summed E-state index contributed by atoms with van der Waals surface area (Å²) in [5.74, 6) is 1.32. The molecule has 4 atom stereocenters.